The summed E-state index contributed by atoms with van der Waals surface area (Å²) in [6.45, 7) is 10.1. The predicted octanol–water partition coefficient (Wildman–Crippen LogP) is 4.29. The highest BCUT2D eigenvalue weighted by Gasteiger charge is 2.57. The van der Waals surface area contributed by atoms with E-state index in [1.54, 1.807) is 30.3 Å². The molecule has 5 heteroatoms. The Kier molecular flexibility index (Phi) is 5.32. The number of fused-ring (bicyclic) bond motifs is 4. The Morgan fingerprint density at radius 3 is 2.45 bits per heavy atom. The van der Waals surface area contributed by atoms with Crippen LogP contribution in [0, 0.1) is 5.41 Å². The Bertz CT molecular complexity index is 1010. The van der Waals surface area contributed by atoms with Crippen LogP contribution in [0.25, 0.3) is 0 Å². The number of phenols is 1. The number of rotatable bonds is 4. The lowest BCUT2D eigenvalue weighted by Gasteiger charge is -2.60. The van der Waals surface area contributed by atoms with Gasteiger partial charge in [-0.3, -0.25) is 9.59 Å². The first-order chi connectivity index (χ1) is 14.7. The van der Waals surface area contributed by atoms with Crippen LogP contribution >= 0.6 is 0 Å². The van der Waals surface area contributed by atoms with Gasteiger partial charge in [-0.25, -0.2) is 0 Å². The summed E-state index contributed by atoms with van der Waals surface area (Å²) in [5.41, 5.74) is 3.09. The van der Waals surface area contributed by atoms with Crippen LogP contribution in [-0.4, -0.2) is 41.0 Å². The Hall–Kier alpha value is -2.82. The van der Waals surface area contributed by atoms with Crippen molar-refractivity contribution in [2.45, 2.75) is 58.4 Å². The lowest BCUT2D eigenvalue weighted by Crippen LogP contribution is -2.64. The van der Waals surface area contributed by atoms with Gasteiger partial charge in [0.2, 0.25) is 0 Å². The zero-order chi connectivity index (χ0) is 22.4. The highest BCUT2D eigenvalue weighted by Crippen LogP contribution is 2.57. The van der Waals surface area contributed by atoms with E-state index in [1.807, 2.05) is 17.9 Å². The molecule has 2 atom stereocenters. The van der Waals surface area contributed by atoms with Gasteiger partial charge < -0.3 is 15.3 Å². The lowest BCUT2D eigenvalue weighted by molar-refractivity contribution is -0.0266. The Balaban J connectivity index is 1.63. The number of amides is 2. The fourth-order valence-electron chi connectivity index (χ4n) is 5.44. The number of aromatic hydroxyl groups is 1. The van der Waals surface area contributed by atoms with Crippen molar-refractivity contribution in [1.82, 2.24) is 10.2 Å². The molecule has 0 spiro atoms. The van der Waals surface area contributed by atoms with Gasteiger partial charge in [0.15, 0.2) is 0 Å². The molecule has 4 rings (SSSR count). The van der Waals surface area contributed by atoms with Gasteiger partial charge in [-0.05, 0) is 66.1 Å². The Morgan fingerprint density at radius 2 is 1.77 bits per heavy atom. The number of nitrogens with zero attached hydrogens (tertiary/aromatic N) is 1. The monoisotopic (exact) mass is 420 g/mol. The first-order valence-electron chi connectivity index (χ1n) is 11.2. The van der Waals surface area contributed by atoms with E-state index in [9.17, 15) is 14.7 Å². The minimum atomic E-state index is -0.137. The molecule has 2 aromatic rings. The molecule has 1 unspecified atom stereocenters. The molecule has 2 aromatic carbocycles. The maximum atomic E-state index is 13.5. The summed E-state index contributed by atoms with van der Waals surface area (Å²) in [5, 5.41) is 13.4. The largest absolute Gasteiger partial charge is 0.508 e. The van der Waals surface area contributed by atoms with Gasteiger partial charge in [-0.1, -0.05) is 39.8 Å². The molecule has 2 amide bonds. The van der Waals surface area contributed by atoms with Crippen LogP contribution in [0.5, 0.6) is 5.75 Å². The second-order valence-corrected chi connectivity index (χ2v) is 9.66. The number of piperidine rings is 1. The minimum absolute atomic E-state index is 0.00733. The first kappa shape index (κ1) is 21.4. The number of hydrogen-bond acceptors (Lipinski definition) is 3. The molecule has 31 heavy (non-hydrogen) atoms. The summed E-state index contributed by atoms with van der Waals surface area (Å²) in [6, 6.07) is 12.7. The van der Waals surface area contributed by atoms with E-state index in [4.69, 9.17) is 0 Å². The summed E-state index contributed by atoms with van der Waals surface area (Å²) in [4.78, 5) is 27.6. The number of phenolic OH excluding ortho intramolecular Hbond substituents is 1. The molecule has 1 heterocycles. The zero-order valence-corrected chi connectivity index (χ0v) is 18.9. The molecule has 2 N–H and O–H groups in total. The van der Waals surface area contributed by atoms with Crippen LogP contribution in [0.2, 0.25) is 0 Å². The number of carbonyl (C=O) groups excluding carboxylic acids is 2. The van der Waals surface area contributed by atoms with E-state index in [2.05, 4.69) is 32.2 Å². The molecule has 1 fully saturated rings. The van der Waals surface area contributed by atoms with E-state index < -0.39 is 0 Å². The predicted molar refractivity (Wildman–Crippen MR) is 121 cm³/mol. The number of benzene rings is 2. The van der Waals surface area contributed by atoms with Crippen molar-refractivity contribution in [2.75, 3.05) is 13.1 Å². The molecule has 2 aliphatic rings. The maximum absolute atomic E-state index is 13.5. The molecule has 164 valence electrons. The second kappa shape index (κ2) is 7.70. The van der Waals surface area contributed by atoms with E-state index >= 15 is 0 Å². The SMILES string of the molecule is CCCNC(=O)c1ccc(C(=O)N2CC[C@@]3(C)c4cccc(O)c4CC2C3(C)C)cc1. The van der Waals surface area contributed by atoms with Gasteiger partial charge in [0, 0.05) is 35.7 Å². The number of hydrogen-bond donors (Lipinski definition) is 2. The molecule has 1 aliphatic carbocycles. The third kappa shape index (κ3) is 3.31. The smallest absolute Gasteiger partial charge is 0.254 e. The lowest BCUT2D eigenvalue weighted by atomic mass is 9.51. The van der Waals surface area contributed by atoms with Crippen molar-refractivity contribution in [1.29, 1.82) is 0 Å². The van der Waals surface area contributed by atoms with Gasteiger partial charge in [0.05, 0.1) is 0 Å². The first-order valence-corrected chi connectivity index (χ1v) is 11.2. The van der Waals surface area contributed by atoms with Gasteiger partial charge in [-0.2, -0.15) is 0 Å². The van der Waals surface area contributed by atoms with E-state index in [-0.39, 0.29) is 28.7 Å². The van der Waals surface area contributed by atoms with Crippen LogP contribution in [0.1, 0.15) is 72.4 Å². The molecular formula is C26H32N2O3. The van der Waals surface area contributed by atoms with Crippen molar-refractivity contribution in [3.05, 3.63) is 64.7 Å². The molecule has 1 saturated heterocycles. The Morgan fingerprint density at radius 1 is 1.10 bits per heavy atom. The fraction of sp³-hybridized carbons (Fsp3) is 0.462. The fourth-order valence-corrected chi connectivity index (χ4v) is 5.44. The average Bonchev–Trinajstić information content (AvgIpc) is 2.75. The van der Waals surface area contributed by atoms with Crippen molar-refractivity contribution < 1.29 is 14.7 Å². The number of carbonyl (C=O) groups is 2. The molecule has 5 nitrogen and oxygen atoms in total. The van der Waals surface area contributed by atoms with Gasteiger partial charge in [0.25, 0.3) is 11.8 Å². The average molecular weight is 421 g/mol. The number of nitrogens with one attached hydrogen (secondary N) is 1. The van der Waals surface area contributed by atoms with E-state index in [1.165, 1.54) is 5.56 Å². The molecule has 0 saturated carbocycles. The van der Waals surface area contributed by atoms with Crippen LogP contribution in [0.4, 0.5) is 0 Å². The molecular weight excluding hydrogens is 388 g/mol. The van der Waals surface area contributed by atoms with E-state index in [0.29, 0.717) is 36.4 Å². The minimum Gasteiger partial charge on any atom is -0.508 e. The quantitative estimate of drug-likeness (QED) is 0.775. The molecule has 2 bridgehead atoms. The van der Waals surface area contributed by atoms with Crippen LogP contribution in [0.3, 0.4) is 0 Å². The Labute approximate surface area is 184 Å². The van der Waals surface area contributed by atoms with Gasteiger partial charge >= 0.3 is 0 Å². The van der Waals surface area contributed by atoms with Crippen LogP contribution < -0.4 is 5.32 Å². The topological polar surface area (TPSA) is 69.6 Å². The van der Waals surface area contributed by atoms with Crippen LogP contribution in [0.15, 0.2) is 42.5 Å². The summed E-state index contributed by atoms with van der Waals surface area (Å²) < 4.78 is 0. The standard InChI is InChI=1S/C26H32N2O3/c1-5-14-27-23(30)17-9-11-18(12-10-17)24(31)28-15-13-26(4)20-7-6-8-21(29)19(20)16-22(28)25(26,2)3/h6-12,22,29H,5,13-16H2,1-4H3,(H,27,30)/t22?,26-/m0/s1. The van der Waals surface area contributed by atoms with Crippen molar-refractivity contribution >= 4 is 11.8 Å². The van der Waals surface area contributed by atoms with Crippen molar-refractivity contribution in [2.24, 2.45) is 5.41 Å². The van der Waals surface area contributed by atoms with Gasteiger partial charge in [-0.15, -0.1) is 0 Å². The number of likely N-dealkylation sites (tertiary alicyclic amines) is 1. The highest BCUT2D eigenvalue weighted by atomic mass is 16.3. The summed E-state index contributed by atoms with van der Waals surface area (Å²) in [7, 11) is 0. The highest BCUT2D eigenvalue weighted by molar-refractivity contribution is 5.98. The van der Waals surface area contributed by atoms with Crippen molar-refractivity contribution in [3.63, 3.8) is 0 Å². The maximum Gasteiger partial charge on any atom is 0.254 e. The van der Waals surface area contributed by atoms with Crippen LogP contribution in [-0.2, 0) is 11.8 Å². The van der Waals surface area contributed by atoms with Crippen molar-refractivity contribution in [3.8, 4) is 5.75 Å². The molecule has 0 radical (unpaired) electrons. The molecule has 0 aromatic heterocycles. The third-order valence-electron chi connectivity index (χ3n) is 7.82. The summed E-state index contributed by atoms with van der Waals surface area (Å²) in [6.07, 6.45) is 2.37. The summed E-state index contributed by atoms with van der Waals surface area (Å²) >= 11 is 0. The zero-order valence-electron chi connectivity index (χ0n) is 18.9. The summed E-state index contributed by atoms with van der Waals surface area (Å²) in [5.74, 6) is 0.190. The third-order valence-corrected chi connectivity index (χ3v) is 7.82. The second-order valence-electron chi connectivity index (χ2n) is 9.66. The normalized spacial score (nSPS) is 23.7. The van der Waals surface area contributed by atoms with E-state index in [0.717, 1.165) is 18.4 Å². The molecule has 1 aliphatic heterocycles. The van der Waals surface area contributed by atoms with Gasteiger partial charge in [0.1, 0.15) is 5.75 Å².